The molecular weight excluding hydrogens is 242 g/mol. The summed E-state index contributed by atoms with van der Waals surface area (Å²) in [7, 11) is 5.22. The maximum Gasteiger partial charge on any atom is 0.254 e. The van der Waals surface area contributed by atoms with E-state index >= 15 is 0 Å². The number of nitrogens with one attached hydrogen (secondary N) is 1. The average Bonchev–Trinajstić information content (AvgIpc) is 2.45. The molecule has 0 saturated heterocycles. The van der Waals surface area contributed by atoms with Crippen LogP contribution < -0.4 is 5.32 Å². The maximum atomic E-state index is 12.4. The van der Waals surface area contributed by atoms with Crippen LogP contribution in [0.2, 0.25) is 0 Å². The van der Waals surface area contributed by atoms with Crippen LogP contribution in [0.3, 0.4) is 0 Å². The van der Waals surface area contributed by atoms with Crippen LogP contribution in [0, 0.1) is 0 Å². The van der Waals surface area contributed by atoms with E-state index in [9.17, 15) is 4.79 Å². The topological polar surface area (TPSA) is 54.5 Å². The molecule has 19 heavy (non-hydrogen) atoms. The first-order valence-corrected chi connectivity index (χ1v) is 6.48. The molecule has 0 radical (unpaired) electrons. The number of pyridine rings is 1. The van der Waals surface area contributed by atoms with Gasteiger partial charge in [-0.25, -0.2) is 4.98 Å². The van der Waals surface area contributed by atoms with E-state index in [1.807, 2.05) is 19.9 Å². The second-order valence-electron chi connectivity index (χ2n) is 4.56. The Labute approximate surface area is 115 Å². The molecular formula is C14H23N3O2. The molecule has 0 saturated carbocycles. The Morgan fingerprint density at radius 2 is 2.21 bits per heavy atom. The fourth-order valence-corrected chi connectivity index (χ4v) is 1.78. The first kappa shape index (κ1) is 15.4. The monoisotopic (exact) mass is 265 g/mol. The van der Waals surface area contributed by atoms with E-state index in [4.69, 9.17) is 4.74 Å². The number of anilines is 1. The summed E-state index contributed by atoms with van der Waals surface area (Å²) < 4.78 is 5.08. The number of amides is 1. The Bertz CT molecular complexity index is 412. The van der Waals surface area contributed by atoms with Gasteiger partial charge in [0.05, 0.1) is 12.6 Å². The Morgan fingerprint density at radius 3 is 2.74 bits per heavy atom. The second-order valence-corrected chi connectivity index (χ2v) is 4.56. The van der Waals surface area contributed by atoms with Crippen molar-refractivity contribution in [3.05, 3.63) is 23.4 Å². The summed E-state index contributed by atoms with van der Waals surface area (Å²) in [4.78, 5) is 18.5. The van der Waals surface area contributed by atoms with Crippen molar-refractivity contribution in [2.45, 2.75) is 26.3 Å². The largest absolute Gasteiger partial charge is 0.383 e. The normalized spacial score (nSPS) is 12.1. The first-order chi connectivity index (χ1) is 9.03. The lowest BCUT2D eigenvalue weighted by atomic mass is 10.1. The second kappa shape index (κ2) is 7.09. The number of carbonyl (C=O) groups is 1. The van der Waals surface area contributed by atoms with Crippen molar-refractivity contribution < 1.29 is 9.53 Å². The molecule has 106 valence electrons. The predicted molar refractivity (Wildman–Crippen MR) is 76.6 cm³/mol. The fraction of sp³-hybridized carbons (Fsp3) is 0.571. The summed E-state index contributed by atoms with van der Waals surface area (Å²) in [6, 6.07) is 3.66. The van der Waals surface area contributed by atoms with E-state index in [0.29, 0.717) is 12.2 Å². The third kappa shape index (κ3) is 3.92. The van der Waals surface area contributed by atoms with Gasteiger partial charge in [0.25, 0.3) is 5.91 Å². The van der Waals surface area contributed by atoms with Gasteiger partial charge in [0.2, 0.25) is 0 Å². The minimum absolute atomic E-state index is 0.0156. The molecule has 1 atom stereocenters. The molecule has 1 N–H and O–H groups in total. The molecule has 0 aliphatic rings. The number of aryl methyl sites for hydroxylation is 1. The third-order valence-corrected chi connectivity index (χ3v) is 3.13. The van der Waals surface area contributed by atoms with Crippen LogP contribution in [-0.2, 0) is 11.2 Å². The molecule has 0 aliphatic heterocycles. The van der Waals surface area contributed by atoms with Crippen molar-refractivity contribution in [1.82, 2.24) is 9.88 Å². The molecule has 1 amide bonds. The van der Waals surface area contributed by atoms with Crippen LogP contribution in [0.5, 0.6) is 0 Å². The minimum atomic E-state index is -0.0156. The lowest BCUT2D eigenvalue weighted by Gasteiger charge is -2.24. The van der Waals surface area contributed by atoms with Gasteiger partial charge in [-0.2, -0.15) is 0 Å². The summed E-state index contributed by atoms with van der Waals surface area (Å²) in [6.45, 7) is 4.50. The molecule has 1 rings (SSSR count). The number of rotatable bonds is 6. The molecule has 5 nitrogen and oxygen atoms in total. The Morgan fingerprint density at radius 1 is 1.53 bits per heavy atom. The number of carbonyl (C=O) groups excluding carboxylic acids is 1. The summed E-state index contributed by atoms with van der Waals surface area (Å²) in [5, 5.41) is 2.98. The number of hydrogen-bond donors (Lipinski definition) is 1. The van der Waals surface area contributed by atoms with Crippen LogP contribution in [0.15, 0.2) is 12.1 Å². The van der Waals surface area contributed by atoms with Crippen molar-refractivity contribution in [3.63, 3.8) is 0 Å². The van der Waals surface area contributed by atoms with E-state index in [1.165, 1.54) is 0 Å². The summed E-state index contributed by atoms with van der Waals surface area (Å²) >= 11 is 0. The van der Waals surface area contributed by atoms with Gasteiger partial charge in [-0.15, -0.1) is 0 Å². The SMILES string of the molecule is CCc1cc(C(=O)N(C)C(C)COC)cc(NC)n1. The first-order valence-electron chi connectivity index (χ1n) is 6.48. The van der Waals surface area contributed by atoms with Gasteiger partial charge in [-0.05, 0) is 25.5 Å². The van der Waals surface area contributed by atoms with Crippen molar-refractivity contribution in [1.29, 1.82) is 0 Å². The highest BCUT2D eigenvalue weighted by Gasteiger charge is 2.18. The molecule has 1 aromatic rings. The van der Waals surface area contributed by atoms with Crippen LogP contribution in [0.25, 0.3) is 0 Å². The van der Waals surface area contributed by atoms with Gasteiger partial charge in [0.15, 0.2) is 0 Å². The smallest absolute Gasteiger partial charge is 0.254 e. The number of hydrogen-bond acceptors (Lipinski definition) is 4. The van der Waals surface area contributed by atoms with Gasteiger partial charge >= 0.3 is 0 Å². The zero-order valence-electron chi connectivity index (χ0n) is 12.4. The average molecular weight is 265 g/mol. The van der Waals surface area contributed by atoms with Gasteiger partial charge in [-0.3, -0.25) is 4.79 Å². The standard InChI is InChI=1S/C14H23N3O2/c1-6-12-7-11(8-13(15-3)16-12)14(18)17(4)10(2)9-19-5/h7-8,10H,6,9H2,1-5H3,(H,15,16). The Balaban J connectivity index is 2.98. The highest BCUT2D eigenvalue weighted by molar-refractivity contribution is 5.95. The fourth-order valence-electron chi connectivity index (χ4n) is 1.78. The van der Waals surface area contributed by atoms with Crippen LogP contribution in [0.1, 0.15) is 29.9 Å². The van der Waals surface area contributed by atoms with Gasteiger partial charge < -0.3 is 15.0 Å². The van der Waals surface area contributed by atoms with Crippen molar-refractivity contribution >= 4 is 11.7 Å². The number of methoxy groups -OCH3 is 1. The minimum Gasteiger partial charge on any atom is -0.383 e. The van der Waals surface area contributed by atoms with Crippen molar-refractivity contribution in [2.75, 3.05) is 33.1 Å². The molecule has 0 aromatic carbocycles. The lowest BCUT2D eigenvalue weighted by Crippen LogP contribution is -2.37. The van der Waals surface area contributed by atoms with Crippen LogP contribution in [-0.4, -0.2) is 49.6 Å². The van der Waals surface area contributed by atoms with E-state index in [1.54, 1.807) is 32.2 Å². The quantitative estimate of drug-likeness (QED) is 0.852. The highest BCUT2D eigenvalue weighted by Crippen LogP contribution is 2.14. The Kier molecular flexibility index (Phi) is 5.76. The molecule has 0 spiro atoms. The molecule has 5 heteroatoms. The van der Waals surface area contributed by atoms with Crippen LogP contribution >= 0.6 is 0 Å². The molecule has 1 heterocycles. The van der Waals surface area contributed by atoms with Gasteiger partial charge in [-0.1, -0.05) is 6.92 Å². The molecule has 0 bridgehead atoms. The van der Waals surface area contributed by atoms with E-state index < -0.39 is 0 Å². The predicted octanol–water partition coefficient (Wildman–Crippen LogP) is 1.79. The number of likely N-dealkylation sites (N-methyl/N-ethyl adjacent to an activating group) is 1. The van der Waals surface area contributed by atoms with Gasteiger partial charge in [0, 0.05) is 32.5 Å². The van der Waals surface area contributed by atoms with E-state index in [-0.39, 0.29) is 11.9 Å². The van der Waals surface area contributed by atoms with Crippen molar-refractivity contribution in [3.8, 4) is 0 Å². The van der Waals surface area contributed by atoms with E-state index in [0.717, 1.165) is 17.9 Å². The molecule has 0 fully saturated rings. The zero-order valence-corrected chi connectivity index (χ0v) is 12.4. The molecule has 1 aromatic heterocycles. The number of ether oxygens (including phenoxy) is 1. The lowest BCUT2D eigenvalue weighted by molar-refractivity contribution is 0.0633. The molecule has 0 aliphatic carbocycles. The number of nitrogens with zero attached hydrogens (tertiary/aromatic N) is 2. The zero-order chi connectivity index (χ0) is 14.4. The van der Waals surface area contributed by atoms with Gasteiger partial charge in [0.1, 0.15) is 5.82 Å². The van der Waals surface area contributed by atoms with Crippen molar-refractivity contribution in [2.24, 2.45) is 0 Å². The maximum absolute atomic E-state index is 12.4. The van der Waals surface area contributed by atoms with E-state index in [2.05, 4.69) is 10.3 Å². The highest BCUT2D eigenvalue weighted by atomic mass is 16.5. The van der Waals surface area contributed by atoms with Crippen LogP contribution in [0.4, 0.5) is 5.82 Å². The summed E-state index contributed by atoms with van der Waals surface area (Å²) in [5.74, 6) is 0.702. The third-order valence-electron chi connectivity index (χ3n) is 3.13. The molecule has 1 unspecified atom stereocenters. The summed E-state index contributed by atoms with van der Waals surface area (Å²) in [6.07, 6.45) is 0.799. The Hall–Kier alpha value is -1.62. The number of aromatic nitrogens is 1. The summed E-state index contributed by atoms with van der Waals surface area (Å²) in [5.41, 5.74) is 1.56.